The fraction of sp³-hybridized carbons (Fsp3) is 0.643. The number of nitrogens with one attached hydrogen (secondary N) is 1. The average molecular weight is 251 g/mol. The largest absolute Gasteiger partial charge is 0.352 e. The maximum absolute atomic E-state index is 11.8. The number of nitrogens with zero attached hydrogens (tertiary/aromatic N) is 1. The molecule has 1 aromatic rings. The van der Waals surface area contributed by atoms with Gasteiger partial charge in [0.15, 0.2) is 0 Å². The molecule has 2 atom stereocenters. The first kappa shape index (κ1) is 14.8. The van der Waals surface area contributed by atoms with Gasteiger partial charge in [-0.2, -0.15) is 0 Å². The van der Waals surface area contributed by atoms with Gasteiger partial charge in [0.05, 0.1) is 0 Å². The number of carbonyl (C=O) groups excluding carboxylic acids is 1. The number of nitrogens with two attached hydrogens (primary N) is 1. The molecule has 0 bridgehead atoms. The minimum atomic E-state index is 0.0448. The van der Waals surface area contributed by atoms with E-state index in [2.05, 4.69) is 26.1 Å². The van der Waals surface area contributed by atoms with E-state index in [0.29, 0.717) is 12.5 Å². The summed E-state index contributed by atoms with van der Waals surface area (Å²) in [4.78, 5) is 11.8. The van der Waals surface area contributed by atoms with E-state index in [1.807, 2.05) is 30.0 Å². The molecule has 18 heavy (non-hydrogen) atoms. The summed E-state index contributed by atoms with van der Waals surface area (Å²) in [7, 11) is 0. The van der Waals surface area contributed by atoms with E-state index >= 15 is 0 Å². The molecule has 3 N–H and O–H groups in total. The Hall–Kier alpha value is -1.29. The van der Waals surface area contributed by atoms with Crippen molar-refractivity contribution in [3.8, 4) is 0 Å². The fourth-order valence-corrected chi connectivity index (χ4v) is 1.64. The molecule has 102 valence electrons. The third kappa shape index (κ3) is 4.18. The van der Waals surface area contributed by atoms with Gasteiger partial charge in [-0.1, -0.05) is 20.8 Å². The summed E-state index contributed by atoms with van der Waals surface area (Å²) in [6.07, 6.45) is 4.76. The molecule has 0 spiro atoms. The summed E-state index contributed by atoms with van der Waals surface area (Å²) in [5, 5.41) is 2.99. The van der Waals surface area contributed by atoms with Gasteiger partial charge in [-0.15, -0.1) is 0 Å². The molecule has 0 fully saturated rings. The van der Waals surface area contributed by atoms with Gasteiger partial charge >= 0.3 is 0 Å². The van der Waals surface area contributed by atoms with E-state index in [4.69, 9.17) is 5.73 Å². The highest BCUT2D eigenvalue weighted by molar-refractivity contribution is 5.76. The Morgan fingerprint density at radius 1 is 1.44 bits per heavy atom. The fourth-order valence-electron chi connectivity index (χ4n) is 1.64. The highest BCUT2D eigenvalue weighted by atomic mass is 16.2. The van der Waals surface area contributed by atoms with Crippen molar-refractivity contribution in [3.05, 3.63) is 24.0 Å². The maximum Gasteiger partial charge on any atom is 0.240 e. The van der Waals surface area contributed by atoms with Crippen molar-refractivity contribution in [3.63, 3.8) is 0 Å². The zero-order valence-electron chi connectivity index (χ0n) is 11.8. The van der Waals surface area contributed by atoms with Crippen LogP contribution in [0.25, 0.3) is 0 Å². The highest BCUT2D eigenvalue weighted by Gasteiger charge is 2.11. The van der Waals surface area contributed by atoms with Crippen LogP contribution >= 0.6 is 0 Å². The topological polar surface area (TPSA) is 60.0 Å². The van der Waals surface area contributed by atoms with Gasteiger partial charge in [0, 0.05) is 24.5 Å². The first-order valence-corrected chi connectivity index (χ1v) is 6.64. The Bertz CT molecular complexity index is 384. The summed E-state index contributed by atoms with van der Waals surface area (Å²) < 4.78 is 1.88. The molecule has 0 saturated carbocycles. The Labute approximate surface area is 110 Å². The number of aromatic nitrogens is 1. The van der Waals surface area contributed by atoms with Crippen LogP contribution in [0.15, 0.2) is 18.5 Å². The smallest absolute Gasteiger partial charge is 0.240 e. The Balaban J connectivity index is 2.52. The SMILES string of the molecule is CCC(N)c1ccn(CC(=O)NC(C)C(C)C)c1. The number of hydrogen-bond acceptors (Lipinski definition) is 2. The third-order valence-corrected chi connectivity index (χ3v) is 3.36. The lowest BCUT2D eigenvalue weighted by Gasteiger charge is -2.17. The predicted molar refractivity (Wildman–Crippen MR) is 74.1 cm³/mol. The van der Waals surface area contributed by atoms with Crippen molar-refractivity contribution in [1.29, 1.82) is 0 Å². The van der Waals surface area contributed by atoms with E-state index in [-0.39, 0.29) is 18.0 Å². The lowest BCUT2D eigenvalue weighted by Crippen LogP contribution is -2.37. The van der Waals surface area contributed by atoms with Crippen molar-refractivity contribution in [2.75, 3.05) is 0 Å². The second kappa shape index (κ2) is 6.59. The normalized spacial score (nSPS) is 14.6. The molecular weight excluding hydrogens is 226 g/mol. The Kier molecular flexibility index (Phi) is 5.41. The minimum Gasteiger partial charge on any atom is -0.352 e. The minimum absolute atomic E-state index is 0.0448. The van der Waals surface area contributed by atoms with Gasteiger partial charge in [0.2, 0.25) is 5.91 Å². The monoisotopic (exact) mass is 251 g/mol. The standard InChI is InChI=1S/C14H25N3O/c1-5-13(15)12-6-7-17(8-12)9-14(18)16-11(4)10(2)3/h6-8,10-11,13H,5,9,15H2,1-4H3,(H,16,18). The van der Waals surface area contributed by atoms with Crippen LogP contribution < -0.4 is 11.1 Å². The van der Waals surface area contributed by atoms with Gasteiger partial charge in [-0.3, -0.25) is 4.79 Å². The lowest BCUT2D eigenvalue weighted by molar-refractivity contribution is -0.122. The molecule has 2 unspecified atom stereocenters. The van der Waals surface area contributed by atoms with Crippen LogP contribution in [0, 0.1) is 5.92 Å². The molecule has 0 saturated heterocycles. The molecule has 0 aromatic carbocycles. The van der Waals surface area contributed by atoms with Crippen molar-refractivity contribution in [1.82, 2.24) is 9.88 Å². The number of carbonyl (C=O) groups is 1. The first-order valence-electron chi connectivity index (χ1n) is 6.64. The van der Waals surface area contributed by atoms with Gasteiger partial charge < -0.3 is 15.6 Å². The van der Waals surface area contributed by atoms with Crippen LogP contribution in [0.2, 0.25) is 0 Å². The molecule has 4 heteroatoms. The summed E-state index contributed by atoms with van der Waals surface area (Å²) in [5.41, 5.74) is 7.03. The van der Waals surface area contributed by atoms with Crippen LogP contribution in [-0.4, -0.2) is 16.5 Å². The summed E-state index contributed by atoms with van der Waals surface area (Å²) in [5.74, 6) is 0.492. The van der Waals surface area contributed by atoms with Crippen LogP contribution in [0.1, 0.15) is 45.7 Å². The summed E-state index contributed by atoms with van der Waals surface area (Å²) in [6.45, 7) is 8.63. The second-order valence-corrected chi connectivity index (χ2v) is 5.23. The number of hydrogen-bond donors (Lipinski definition) is 2. The Morgan fingerprint density at radius 2 is 2.11 bits per heavy atom. The molecule has 4 nitrogen and oxygen atoms in total. The van der Waals surface area contributed by atoms with E-state index < -0.39 is 0 Å². The molecule has 1 rings (SSSR count). The molecule has 0 aliphatic heterocycles. The molecule has 1 amide bonds. The Morgan fingerprint density at radius 3 is 2.67 bits per heavy atom. The van der Waals surface area contributed by atoms with Gasteiger partial charge in [-0.25, -0.2) is 0 Å². The van der Waals surface area contributed by atoms with Crippen molar-refractivity contribution >= 4 is 5.91 Å². The van der Waals surface area contributed by atoms with Gasteiger partial charge in [-0.05, 0) is 30.9 Å². The van der Waals surface area contributed by atoms with E-state index in [0.717, 1.165) is 12.0 Å². The first-order chi connectivity index (χ1) is 8.43. The molecule has 1 aromatic heterocycles. The third-order valence-electron chi connectivity index (χ3n) is 3.36. The molecule has 0 aliphatic carbocycles. The van der Waals surface area contributed by atoms with Gasteiger partial charge in [0.25, 0.3) is 0 Å². The second-order valence-electron chi connectivity index (χ2n) is 5.23. The van der Waals surface area contributed by atoms with E-state index in [9.17, 15) is 4.79 Å². The zero-order chi connectivity index (χ0) is 13.7. The lowest BCUT2D eigenvalue weighted by atomic mass is 10.1. The quantitative estimate of drug-likeness (QED) is 0.813. The van der Waals surface area contributed by atoms with Crippen LogP contribution in [-0.2, 0) is 11.3 Å². The molecule has 0 radical (unpaired) electrons. The van der Waals surface area contributed by atoms with E-state index in [1.54, 1.807) is 0 Å². The molecule has 0 aliphatic rings. The summed E-state index contributed by atoms with van der Waals surface area (Å²) in [6, 6.07) is 2.24. The highest BCUT2D eigenvalue weighted by Crippen LogP contribution is 2.13. The van der Waals surface area contributed by atoms with Crippen LogP contribution in [0.3, 0.4) is 0 Å². The van der Waals surface area contributed by atoms with Crippen LogP contribution in [0.4, 0.5) is 0 Å². The number of rotatable bonds is 6. The molecule has 1 heterocycles. The van der Waals surface area contributed by atoms with Crippen molar-refractivity contribution < 1.29 is 4.79 Å². The number of amides is 1. The van der Waals surface area contributed by atoms with Gasteiger partial charge in [0.1, 0.15) is 6.54 Å². The molecular formula is C14H25N3O. The zero-order valence-corrected chi connectivity index (χ0v) is 11.8. The maximum atomic E-state index is 11.8. The average Bonchev–Trinajstić information content (AvgIpc) is 2.76. The van der Waals surface area contributed by atoms with Crippen molar-refractivity contribution in [2.45, 2.75) is 52.7 Å². The summed E-state index contributed by atoms with van der Waals surface area (Å²) >= 11 is 0. The van der Waals surface area contributed by atoms with E-state index in [1.165, 1.54) is 0 Å². The predicted octanol–water partition coefficient (Wildman–Crippen LogP) is 2.06. The van der Waals surface area contributed by atoms with Crippen molar-refractivity contribution in [2.24, 2.45) is 11.7 Å². The van der Waals surface area contributed by atoms with Crippen LogP contribution in [0.5, 0.6) is 0 Å².